The highest BCUT2D eigenvalue weighted by Gasteiger charge is 2.35. The number of ether oxygens (including phenoxy) is 1. The normalized spacial score (nSPS) is 15.6. The summed E-state index contributed by atoms with van der Waals surface area (Å²) >= 11 is 11.9. The van der Waals surface area contributed by atoms with Crippen molar-refractivity contribution in [3.8, 4) is 5.75 Å². The lowest BCUT2D eigenvalue weighted by Gasteiger charge is -2.33. The lowest BCUT2D eigenvalue weighted by atomic mass is 10.2. The zero-order chi connectivity index (χ0) is 25.4. The minimum Gasteiger partial charge on any atom is -0.476 e. The van der Waals surface area contributed by atoms with E-state index in [1.165, 1.54) is 42.5 Å². The highest BCUT2D eigenvalue weighted by atomic mass is 35.5. The topological polar surface area (TPSA) is 122 Å². The number of nitrogens with one attached hydrogen (secondary N) is 2. The van der Waals surface area contributed by atoms with Gasteiger partial charge in [-0.1, -0.05) is 35.3 Å². The van der Waals surface area contributed by atoms with E-state index in [9.17, 15) is 21.6 Å². The van der Waals surface area contributed by atoms with Gasteiger partial charge >= 0.3 is 0 Å². The summed E-state index contributed by atoms with van der Waals surface area (Å²) in [6.07, 6.45) is -0.0640. The maximum absolute atomic E-state index is 12.8. The molecule has 184 valence electrons. The minimum absolute atomic E-state index is 0.0624. The van der Waals surface area contributed by atoms with Gasteiger partial charge in [0.05, 0.1) is 34.1 Å². The SMILES string of the molecule is CS(=O)(=O)N1C[C@H](C(=O)Nc2ccc(S(=O)(=O)Nc3ccc(Cl)cc3Cl)cc2)Oc2ccccc21. The van der Waals surface area contributed by atoms with Crippen molar-refractivity contribution in [1.82, 2.24) is 0 Å². The van der Waals surface area contributed by atoms with Gasteiger partial charge < -0.3 is 10.1 Å². The lowest BCUT2D eigenvalue weighted by Crippen LogP contribution is -2.48. The Morgan fingerprint density at radius 3 is 2.34 bits per heavy atom. The average Bonchev–Trinajstić information content (AvgIpc) is 2.80. The Morgan fingerprint density at radius 1 is 1.00 bits per heavy atom. The fourth-order valence-corrected chi connectivity index (χ4v) is 5.87. The summed E-state index contributed by atoms with van der Waals surface area (Å²) in [5.74, 6) is -0.326. The number of hydrogen-bond acceptors (Lipinski definition) is 6. The Morgan fingerprint density at radius 2 is 1.69 bits per heavy atom. The molecule has 1 amide bonds. The molecule has 3 aromatic carbocycles. The predicted octanol–water partition coefficient (Wildman–Crippen LogP) is 3.96. The van der Waals surface area contributed by atoms with Crippen molar-refractivity contribution in [2.75, 3.05) is 27.1 Å². The Balaban J connectivity index is 1.48. The van der Waals surface area contributed by atoms with E-state index in [4.69, 9.17) is 27.9 Å². The summed E-state index contributed by atoms with van der Waals surface area (Å²) in [6, 6.07) is 16.3. The fourth-order valence-electron chi connectivity index (χ4n) is 3.37. The molecule has 1 aliphatic rings. The minimum atomic E-state index is -3.96. The van der Waals surface area contributed by atoms with Crippen LogP contribution in [0.2, 0.25) is 10.0 Å². The Kier molecular flexibility index (Phi) is 6.87. The van der Waals surface area contributed by atoms with E-state index in [1.54, 1.807) is 24.3 Å². The number of amides is 1. The number of sulfonamides is 2. The summed E-state index contributed by atoms with van der Waals surface area (Å²) in [5, 5.41) is 3.13. The van der Waals surface area contributed by atoms with Crippen LogP contribution in [0, 0.1) is 0 Å². The van der Waals surface area contributed by atoms with Gasteiger partial charge in [-0.15, -0.1) is 0 Å². The van der Waals surface area contributed by atoms with E-state index in [-0.39, 0.29) is 27.9 Å². The second-order valence-corrected chi connectivity index (χ2v) is 12.0. The molecule has 0 radical (unpaired) electrons. The van der Waals surface area contributed by atoms with Crippen LogP contribution in [0.3, 0.4) is 0 Å². The van der Waals surface area contributed by atoms with E-state index in [0.717, 1.165) is 10.6 Å². The van der Waals surface area contributed by atoms with E-state index >= 15 is 0 Å². The first-order valence-electron chi connectivity index (χ1n) is 10.1. The molecule has 1 atom stereocenters. The maximum atomic E-state index is 12.8. The van der Waals surface area contributed by atoms with Gasteiger partial charge in [0.1, 0.15) is 5.75 Å². The summed E-state index contributed by atoms with van der Waals surface area (Å²) in [6.45, 7) is -0.208. The van der Waals surface area contributed by atoms with Crippen LogP contribution in [-0.2, 0) is 24.8 Å². The van der Waals surface area contributed by atoms with Crippen LogP contribution in [0.5, 0.6) is 5.75 Å². The number of nitrogens with zero attached hydrogens (tertiary/aromatic N) is 1. The van der Waals surface area contributed by atoms with Gasteiger partial charge in [-0.2, -0.15) is 0 Å². The second-order valence-electron chi connectivity index (χ2n) is 7.61. The van der Waals surface area contributed by atoms with Crippen molar-refractivity contribution in [2.24, 2.45) is 0 Å². The number of carbonyl (C=O) groups excluding carboxylic acids is 1. The average molecular weight is 556 g/mol. The molecule has 1 aliphatic heterocycles. The number of benzene rings is 3. The molecule has 2 N–H and O–H groups in total. The molecular weight excluding hydrogens is 537 g/mol. The van der Waals surface area contributed by atoms with Crippen LogP contribution in [0.1, 0.15) is 0 Å². The van der Waals surface area contributed by atoms with Crippen LogP contribution in [0.25, 0.3) is 0 Å². The number of fused-ring (bicyclic) bond motifs is 1. The smallest absolute Gasteiger partial charge is 0.267 e. The van der Waals surface area contributed by atoms with Gasteiger partial charge in [0.2, 0.25) is 10.0 Å². The van der Waals surface area contributed by atoms with E-state index in [0.29, 0.717) is 16.4 Å². The summed E-state index contributed by atoms with van der Waals surface area (Å²) < 4.78 is 59.1. The van der Waals surface area contributed by atoms with Gasteiger partial charge in [0.25, 0.3) is 15.9 Å². The van der Waals surface area contributed by atoms with E-state index in [2.05, 4.69) is 10.0 Å². The quantitative estimate of drug-likeness (QED) is 0.474. The van der Waals surface area contributed by atoms with Crippen molar-refractivity contribution in [2.45, 2.75) is 11.0 Å². The Bertz CT molecular complexity index is 1500. The molecule has 0 saturated carbocycles. The molecule has 0 fully saturated rings. The summed E-state index contributed by atoms with van der Waals surface area (Å²) in [7, 11) is -7.61. The molecule has 35 heavy (non-hydrogen) atoms. The zero-order valence-electron chi connectivity index (χ0n) is 18.1. The van der Waals surface area contributed by atoms with Gasteiger partial charge in [-0.25, -0.2) is 16.8 Å². The third-order valence-electron chi connectivity index (χ3n) is 5.04. The molecule has 0 spiro atoms. The van der Waals surface area contributed by atoms with E-state index in [1.807, 2.05) is 0 Å². The number of carbonyl (C=O) groups is 1. The lowest BCUT2D eigenvalue weighted by molar-refractivity contribution is -0.122. The fraction of sp³-hybridized carbons (Fsp3) is 0.136. The molecule has 0 unspecified atom stereocenters. The maximum Gasteiger partial charge on any atom is 0.267 e. The zero-order valence-corrected chi connectivity index (χ0v) is 21.2. The number of anilines is 3. The van der Waals surface area contributed by atoms with Crippen molar-refractivity contribution in [3.05, 3.63) is 76.8 Å². The standard InChI is InChI=1S/C22H19Cl2N3O6S2/c1-34(29,30)27-13-21(33-20-5-3-2-4-19(20)27)22(28)25-15-7-9-16(10-8-15)35(31,32)26-18-11-6-14(23)12-17(18)24/h2-12,21,26H,13H2,1H3,(H,25,28)/t21-/m1/s1. The van der Waals surface area contributed by atoms with Crippen molar-refractivity contribution >= 4 is 66.2 Å². The number of rotatable bonds is 6. The second kappa shape index (κ2) is 9.57. The third-order valence-corrected chi connectivity index (χ3v) is 8.11. The summed E-state index contributed by atoms with van der Waals surface area (Å²) in [5.41, 5.74) is 0.812. The largest absolute Gasteiger partial charge is 0.476 e. The summed E-state index contributed by atoms with van der Waals surface area (Å²) in [4.78, 5) is 12.8. The first kappa shape index (κ1) is 25.1. The molecule has 9 nitrogen and oxygen atoms in total. The third kappa shape index (κ3) is 5.64. The molecule has 0 aromatic heterocycles. The van der Waals surface area contributed by atoms with Gasteiger partial charge in [-0.3, -0.25) is 13.8 Å². The molecule has 4 rings (SSSR count). The monoisotopic (exact) mass is 555 g/mol. The van der Waals surface area contributed by atoms with Crippen molar-refractivity contribution < 1.29 is 26.4 Å². The van der Waals surface area contributed by atoms with Crippen LogP contribution in [-0.4, -0.2) is 41.6 Å². The van der Waals surface area contributed by atoms with Gasteiger partial charge in [-0.05, 0) is 54.6 Å². The highest BCUT2D eigenvalue weighted by molar-refractivity contribution is 7.92. The molecule has 3 aromatic rings. The first-order valence-corrected chi connectivity index (χ1v) is 14.1. The van der Waals surface area contributed by atoms with Crippen LogP contribution in [0.4, 0.5) is 17.1 Å². The highest BCUT2D eigenvalue weighted by Crippen LogP contribution is 2.35. The van der Waals surface area contributed by atoms with Gasteiger partial charge in [0.15, 0.2) is 6.10 Å². The molecule has 1 heterocycles. The van der Waals surface area contributed by atoms with Crippen molar-refractivity contribution in [1.29, 1.82) is 0 Å². The number of para-hydroxylation sites is 2. The molecule has 0 aliphatic carbocycles. The Labute approximate surface area is 212 Å². The van der Waals surface area contributed by atoms with Crippen LogP contribution >= 0.6 is 23.2 Å². The van der Waals surface area contributed by atoms with Gasteiger partial charge in [0, 0.05) is 10.7 Å². The first-order chi connectivity index (χ1) is 16.4. The molecule has 13 heteroatoms. The number of hydrogen-bond donors (Lipinski definition) is 2. The van der Waals surface area contributed by atoms with Crippen molar-refractivity contribution in [3.63, 3.8) is 0 Å². The predicted molar refractivity (Wildman–Crippen MR) is 135 cm³/mol. The van der Waals surface area contributed by atoms with Crippen LogP contribution < -0.4 is 19.1 Å². The van der Waals surface area contributed by atoms with Crippen LogP contribution in [0.15, 0.2) is 71.6 Å². The molecular formula is C22H19Cl2N3O6S2. The van der Waals surface area contributed by atoms with E-state index < -0.39 is 32.1 Å². The molecule has 0 bridgehead atoms. The molecule has 0 saturated heterocycles. The Hall–Kier alpha value is -2.99. The number of halogens is 2.